The average molecular weight is 393 g/mol. The van der Waals surface area contributed by atoms with Gasteiger partial charge >= 0.3 is 0 Å². The molecule has 26 heavy (non-hydrogen) atoms. The Hall–Kier alpha value is -1.26. The summed E-state index contributed by atoms with van der Waals surface area (Å²) in [5.74, 6) is -0.00691. The van der Waals surface area contributed by atoms with Gasteiger partial charge < -0.3 is 10.5 Å². The van der Waals surface area contributed by atoms with Gasteiger partial charge in [0.05, 0.1) is 10.3 Å². The molecule has 0 spiro atoms. The van der Waals surface area contributed by atoms with Crippen LogP contribution < -0.4 is 5.73 Å². The number of benzene rings is 1. The van der Waals surface area contributed by atoms with Crippen molar-refractivity contribution < 1.29 is 9.53 Å². The molecule has 6 heteroatoms. The number of nitrogens with zero attached hydrogens (tertiary/aromatic N) is 1. The minimum absolute atomic E-state index is 0.00691. The Morgan fingerprint density at radius 2 is 1.92 bits per heavy atom. The zero-order valence-electron chi connectivity index (χ0n) is 16.0. The maximum atomic E-state index is 12.3. The fourth-order valence-electron chi connectivity index (χ4n) is 2.12. The molecule has 1 rings (SSSR count). The zero-order valence-corrected chi connectivity index (χ0v) is 17.6. The second-order valence-corrected chi connectivity index (χ2v) is 9.50. The van der Waals surface area contributed by atoms with Gasteiger partial charge in [-0.15, -0.1) is 0 Å². The van der Waals surface area contributed by atoms with Crippen molar-refractivity contribution >= 4 is 34.0 Å². The van der Waals surface area contributed by atoms with E-state index in [1.807, 2.05) is 51.1 Å². The van der Waals surface area contributed by atoms with Gasteiger partial charge in [0.1, 0.15) is 10.9 Å². The fraction of sp³-hybridized carbons (Fsp3) is 0.550. The topological polar surface area (TPSA) is 76.1 Å². The van der Waals surface area contributed by atoms with Crippen LogP contribution in [-0.4, -0.2) is 33.0 Å². The van der Waals surface area contributed by atoms with E-state index in [4.69, 9.17) is 22.7 Å². The van der Waals surface area contributed by atoms with Crippen molar-refractivity contribution in [1.82, 2.24) is 0 Å². The van der Waals surface area contributed by atoms with Gasteiger partial charge in [-0.05, 0) is 46.1 Å². The average Bonchev–Trinajstić information content (AvgIpc) is 2.59. The SMILES string of the molecule is CC(OCCC(C)(C)N)C(=O)CCC(C)(C#N)SC(=S)c1ccccc1. The summed E-state index contributed by atoms with van der Waals surface area (Å²) in [6, 6.07) is 11.9. The molecule has 0 fully saturated rings. The first kappa shape index (κ1) is 22.8. The summed E-state index contributed by atoms with van der Waals surface area (Å²) < 4.78 is 5.50. The predicted octanol–water partition coefficient (Wildman–Crippen LogP) is 4.26. The predicted molar refractivity (Wildman–Crippen MR) is 112 cm³/mol. The summed E-state index contributed by atoms with van der Waals surface area (Å²) >= 11 is 6.78. The number of Topliss-reactive ketones (excluding diaryl/α,β-unsaturated/α-hetero) is 1. The number of carbonyl (C=O) groups excluding carboxylic acids is 1. The molecule has 0 aliphatic rings. The van der Waals surface area contributed by atoms with Crippen LogP contribution in [0.2, 0.25) is 0 Å². The van der Waals surface area contributed by atoms with Gasteiger partial charge in [-0.3, -0.25) is 4.79 Å². The van der Waals surface area contributed by atoms with E-state index in [1.54, 1.807) is 6.92 Å². The summed E-state index contributed by atoms with van der Waals surface area (Å²) in [7, 11) is 0. The van der Waals surface area contributed by atoms with Crippen molar-refractivity contribution in [3.63, 3.8) is 0 Å². The van der Waals surface area contributed by atoms with Crippen LogP contribution in [0.15, 0.2) is 30.3 Å². The van der Waals surface area contributed by atoms with Gasteiger partial charge in [0, 0.05) is 18.6 Å². The molecule has 0 aliphatic heterocycles. The second-order valence-electron chi connectivity index (χ2n) is 7.32. The molecule has 0 heterocycles. The lowest BCUT2D eigenvalue weighted by Gasteiger charge is -2.22. The molecule has 4 nitrogen and oxygen atoms in total. The third-order valence-electron chi connectivity index (χ3n) is 3.98. The van der Waals surface area contributed by atoms with E-state index in [1.165, 1.54) is 11.8 Å². The number of rotatable bonds is 10. The summed E-state index contributed by atoms with van der Waals surface area (Å²) in [6.45, 7) is 7.86. The maximum absolute atomic E-state index is 12.3. The summed E-state index contributed by atoms with van der Waals surface area (Å²) in [4.78, 5) is 12.3. The number of thiocarbonyl (C=S) groups is 1. The molecular formula is C20H28N2O2S2. The largest absolute Gasteiger partial charge is 0.371 e. The monoisotopic (exact) mass is 392 g/mol. The van der Waals surface area contributed by atoms with Crippen molar-refractivity contribution in [2.45, 2.75) is 63.3 Å². The van der Waals surface area contributed by atoms with Gasteiger partial charge in [-0.1, -0.05) is 54.3 Å². The minimum atomic E-state index is -0.748. The van der Waals surface area contributed by atoms with E-state index < -0.39 is 10.9 Å². The molecule has 0 aromatic heterocycles. The van der Waals surface area contributed by atoms with E-state index >= 15 is 0 Å². The molecule has 2 atom stereocenters. The molecule has 0 aliphatic carbocycles. The summed E-state index contributed by atoms with van der Waals surface area (Å²) in [5, 5.41) is 9.58. The Kier molecular flexibility index (Phi) is 8.91. The van der Waals surface area contributed by atoms with Crippen LogP contribution in [0.1, 0.15) is 52.5 Å². The van der Waals surface area contributed by atoms with Crippen molar-refractivity contribution in [2.24, 2.45) is 5.73 Å². The molecule has 0 saturated heterocycles. The molecule has 1 aromatic carbocycles. The highest BCUT2D eigenvalue weighted by atomic mass is 32.2. The molecule has 142 valence electrons. The van der Waals surface area contributed by atoms with Gasteiger partial charge in [0.2, 0.25) is 0 Å². The van der Waals surface area contributed by atoms with Crippen molar-refractivity contribution in [2.75, 3.05) is 6.61 Å². The smallest absolute Gasteiger partial charge is 0.161 e. The van der Waals surface area contributed by atoms with Gasteiger partial charge in [0.15, 0.2) is 5.78 Å². The quantitative estimate of drug-likeness (QED) is 0.600. The first-order valence-electron chi connectivity index (χ1n) is 8.69. The Morgan fingerprint density at radius 1 is 1.31 bits per heavy atom. The lowest BCUT2D eigenvalue weighted by atomic mass is 10.0. The Labute approximate surface area is 166 Å². The van der Waals surface area contributed by atoms with Crippen molar-refractivity contribution in [1.29, 1.82) is 5.26 Å². The third kappa shape index (κ3) is 8.41. The normalized spacial score (nSPS) is 14.9. The minimum Gasteiger partial charge on any atom is -0.371 e. The molecule has 0 saturated carbocycles. The molecule has 0 amide bonds. The highest BCUT2D eigenvalue weighted by Gasteiger charge is 2.29. The van der Waals surface area contributed by atoms with E-state index in [-0.39, 0.29) is 17.7 Å². The van der Waals surface area contributed by atoms with E-state index in [0.29, 0.717) is 23.6 Å². The summed E-state index contributed by atoms with van der Waals surface area (Å²) in [5.41, 5.74) is 6.51. The molecule has 1 aromatic rings. The van der Waals surface area contributed by atoms with Crippen LogP contribution in [0.3, 0.4) is 0 Å². The van der Waals surface area contributed by atoms with Crippen LogP contribution in [-0.2, 0) is 9.53 Å². The number of hydrogen-bond acceptors (Lipinski definition) is 6. The van der Waals surface area contributed by atoms with Gasteiger partial charge in [-0.25, -0.2) is 0 Å². The fourth-order valence-corrected chi connectivity index (χ4v) is 3.72. The van der Waals surface area contributed by atoms with Crippen LogP contribution in [0.5, 0.6) is 0 Å². The first-order chi connectivity index (χ1) is 12.1. The van der Waals surface area contributed by atoms with Crippen LogP contribution in [0.4, 0.5) is 0 Å². The van der Waals surface area contributed by atoms with Gasteiger partial charge in [0.25, 0.3) is 0 Å². The lowest BCUT2D eigenvalue weighted by Crippen LogP contribution is -2.34. The molecular weight excluding hydrogens is 364 g/mol. The Bertz CT molecular complexity index is 650. The maximum Gasteiger partial charge on any atom is 0.161 e. The number of nitrogens with two attached hydrogens (primary N) is 1. The highest BCUT2D eigenvalue weighted by Crippen LogP contribution is 2.33. The van der Waals surface area contributed by atoms with Crippen LogP contribution in [0.25, 0.3) is 0 Å². The number of ether oxygens (including phenoxy) is 1. The number of hydrogen-bond donors (Lipinski definition) is 1. The molecule has 0 bridgehead atoms. The standard InChI is InChI=1S/C20H28N2O2S2/c1-15(24-13-12-19(2,3)22)17(23)10-11-20(4,14-21)26-18(25)16-8-6-5-7-9-16/h5-9,15H,10-13,22H2,1-4H3. The molecule has 2 N–H and O–H groups in total. The van der Waals surface area contributed by atoms with Crippen LogP contribution in [0, 0.1) is 11.3 Å². The first-order valence-corrected chi connectivity index (χ1v) is 9.92. The van der Waals surface area contributed by atoms with Gasteiger partial charge in [-0.2, -0.15) is 5.26 Å². The number of carbonyl (C=O) groups is 1. The number of nitriles is 1. The highest BCUT2D eigenvalue weighted by molar-refractivity contribution is 8.24. The summed E-state index contributed by atoms with van der Waals surface area (Å²) in [6.07, 6.45) is 0.894. The molecule has 2 unspecified atom stereocenters. The number of thioether (sulfide) groups is 1. The Balaban J connectivity index is 2.52. The lowest BCUT2D eigenvalue weighted by molar-refractivity contribution is -0.129. The van der Waals surface area contributed by atoms with E-state index in [9.17, 15) is 10.1 Å². The van der Waals surface area contributed by atoms with Crippen molar-refractivity contribution in [3.05, 3.63) is 35.9 Å². The Morgan fingerprint density at radius 3 is 2.46 bits per heavy atom. The van der Waals surface area contributed by atoms with Crippen molar-refractivity contribution in [3.8, 4) is 6.07 Å². The second kappa shape index (κ2) is 10.2. The third-order valence-corrected chi connectivity index (χ3v) is 5.63. The van der Waals surface area contributed by atoms with E-state index in [2.05, 4.69) is 6.07 Å². The molecule has 0 radical (unpaired) electrons. The van der Waals surface area contributed by atoms with Crippen LogP contribution >= 0.6 is 24.0 Å². The zero-order chi connectivity index (χ0) is 19.8. The number of ketones is 1. The van der Waals surface area contributed by atoms with E-state index in [0.717, 1.165) is 5.56 Å².